The van der Waals surface area contributed by atoms with E-state index in [4.69, 9.17) is 9.47 Å². The number of para-hydroxylation sites is 1. The summed E-state index contributed by atoms with van der Waals surface area (Å²) in [5.41, 5.74) is 2.77. The summed E-state index contributed by atoms with van der Waals surface area (Å²) < 4.78 is 12.3. The van der Waals surface area contributed by atoms with E-state index in [2.05, 4.69) is 55.5 Å². The van der Waals surface area contributed by atoms with Crippen LogP contribution in [-0.2, 0) is 5.41 Å². The second kappa shape index (κ2) is 7.11. The van der Waals surface area contributed by atoms with E-state index in [1.54, 1.807) is 0 Å². The van der Waals surface area contributed by atoms with Crippen molar-refractivity contribution in [2.24, 2.45) is 0 Å². The van der Waals surface area contributed by atoms with E-state index in [0.717, 1.165) is 37.4 Å². The van der Waals surface area contributed by atoms with Crippen molar-refractivity contribution in [3.05, 3.63) is 59.7 Å². The number of ether oxygens (including phenoxy) is 2. The Morgan fingerprint density at radius 3 is 2.72 bits per heavy atom. The molecule has 1 heterocycles. The molecule has 0 amide bonds. The van der Waals surface area contributed by atoms with Gasteiger partial charge in [-0.1, -0.05) is 56.5 Å². The third-order valence-electron chi connectivity index (χ3n) is 5.86. The van der Waals surface area contributed by atoms with Gasteiger partial charge in [0.2, 0.25) is 0 Å². The van der Waals surface area contributed by atoms with Crippen LogP contribution in [0.15, 0.2) is 48.5 Å². The van der Waals surface area contributed by atoms with Gasteiger partial charge in [-0.05, 0) is 49.4 Å². The first kappa shape index (κ1) is 16.5. The SMILES string of the molecule is CCCCOc1ccc(C23CCCCCC2Oc2ccccc23)cc1. The van der Waals surface area contributed by atoms with Gasteiger partial charge in [0.25, 0.3) is 0 Å². The highest BCUT2D eigenvalue weighted by Gasteiger charge is 2.50. The fourth-order valence-electron chi connectivity index (χ4n) is 4.55. The zero-order valence-corrected chi connectivity index (χ0v) is 15.2. The first-order valence-corrected chi connectivity index (χ1v) is 9.84. The Kier molecular flexibility index (Phi) is 4.70. The second-order valence-corrected chi connectivity index (χ2v) is 7.40. The highest BCUT2D eigenvalue weighted by molar-refractivity contribution is 5.53. The quantitative estimate of drug-likeness (QED) is 0.635. The molecule has 132 valence electrons. The van der Waals surface area contributed by atoms with Crippen LogP contribution in [0.5, 0.6) is 11.5 Å². The average Bonchev–Trinajstić information content (AvgIpc) is 2.82. The van der Waals surface area contributed by atoms with Gasteiger partial charge >= 0.3 is 0 Å². The Labute approximate surface area is 151 Å². The number of benzene rings is 2. The first-order chi connectivity index (χ1) is 12.3. The summed E-state index contributed by atoms with van der Waals surface area (Å²) >= 11 is 0. The Balaban J connectivity index is 1.69. The second-order valence-electron chi connectivity index (χ2n) is 7.40. The molecule has 0 bridgehead atoms. The van der Waals surface area contributed by atoms with Crippen molar-refractivity contribution >= 4 is 0 Å². The van der Waals surface area contributed by atoms with Gasteiger partial charge in [0.15, 0.2) is 0 Å². The molecule has 1 saturated carbocycles. The fourth-order valence-corrected chi connectivity index (χ4v) is 4.55. The van der Waals surface area contributed by atoms with Crippen LogP contribution in [0, 0.1) is 0 Å². The molecule has 2 aromatic carbocycles. The van der Waals surface area contributed by atoms with Gasteiger partial charge in [-0.15, -0.1) is 0 Å². The number of unbranched alkanes of at least 4 members (excludes halogenated alkanes) is 1. The standard InChI is InChI=1S/C23H28O2/c1-2-3-17-24-19-14-12-18(13-15-19)23-16-8-4-5-11-22(23)25-21-10-7-6-9-20(21)23/h6-7,9-10,12-15,22H,2-5,8,11,16-17H2,1H3. The van der Waals surface area contributed by atoms with E-state index in [1.165, 1.54) is 36.8 Å². The lowest BCUT2D eigenvalue weighted by molar-refractivity contribution is 0.159. The summed E-state index contributed by atoms with van der Waals surface area (Å²) in [5.74, 6) is 2.06. The lowest BCUT2D eigenvalue weighted by Gasteiger charge is -2.34. The summed E-state index contributed by atoms with van der Waals surface area (Å²) in [6.07, 6.45) is 8.68. The fraction of sp³-hybridized carbons (Fsp3) is 0.478. The summed E-state index contributed by atoms with van der Waals surface area (Å²) in [5, 5.41) is 0. The molecule has 0 radical (unpaired) electrons. The maximum atomic E-state index is 6.43. The summed E-state index contributed by atoms with van der Waals surface area (Å²) in [6, 6.07) is 17.5. The molecule has 2 nitrogen and oxygen atoms in total. The van der Waals surface area contributed by atoms with Gasteiger partial charge < -0.3 is 9.47 Å². The third kappa shape index (κ3) is 2.92. The van der Waals surface area contributed by atoms with Crippen LogP contribution in [0.25, 0.3) is 0 Å². The van der Waals surface area contributed by atoms with E-state index in [1.807, 2.05) is 0 Å². The van der Waals surface area contributed by atoms with Crippen molar-refractivity contribution in [2.45, 2.75) is 63.4 Å². The Morgan fingerprint density at radius 1 is 1.04 bits per heavy atom. The average molecular weight is 336 g/mol. The van der Waals surface area contributed by atoms with Gasteiger partial charge in [-0.2, -0.15) is 0 Å². The molecule has 2 aliphatic rings. The molecule has 0 aromatic heterocycles. The molecule has 0 N–H and O–H groups in total. The largest absolute Gasteiger partial charge is 0.494 e. The van der Waals surface area contributed by atoms with Crippen molar-refractivity contribution in [3.8, 4) is 11.5 Å². The van der Waals surface area contributed by atoms with Crippen molar-refractivity contribution in [1.29, 1.82) is 0 Å². The lowest BCUT2D eigenvalue weighted by Crippen LogP contribution is -2.38. The predicted molar refractivity (Wildman–Crippen MR) is 102 cm³/mol. The minimum atomic E-state index is 0.00897. The lowest BCUT2D eigenvalue weighted by atomic mass is 9.69. The summed E-state index contributed by atoms with van der Waals surface area (Å²) in [6.45, 7) is 2.99. The van der Waals surface area contributed by atoms with E-state index < -0.39 is 0 Å². The molecule has 2 heteroatoms. The summed E-state index contributed by atoms with van der Waals surface area (Å²) in [4.78, 5) is 0. The first-order valence-electron chi connectivity index (χ1n) is 9.84. The Hall–Kier alpha value is -1.96. The van der Waals surface area contributed by atoms with Crippen LogP contribution < -0.4 is 9.47 Å². The predicted octanol–water partition coefficient (Wildman–Crippen LogP) is 5.88. The smallest absolute Gasteiger partial charge is 0.124 e. The van der Waals surface area contributed by atoms with Gasteiger partial charge in [0, 0.05) is 5.56 Å². The zero-order valence-electron chi connectivity index (χ0n) is 15.2. The van der Waals surface area contributed by atoms with Crippen molar-refractivity contribution in [2.75, 3.05) is 6.61 Å². The van der Waals surface area contributed by atoms with Crippen molar-refractivity contribution in [3.63, 3.8) is 0 Å². The van der Waals surface area contributed by atoms with Gasteiger partial charge in [-0.25, -0.2) is 0 Å². The molecule has 1 fully saturated rings. The number of hydrogen-bond donors (Lipinski definition) is 0. The molecule has 4 rings (SSSR count). The van der Waals surface area contributed by atoms with Crippen LogP contribution in [-0.4, -0.2) is 12.7 Å². The third-order valence-corrected chi connectivity index (χ3v) is 5.86. The molecular weight excluding hydrogens is 308 g/mol. The maximum absolute atomic E-state index is 6.43. The zero-order chi connectivity index (χ0) is 17.1. The molecule has 0 saturated heterocycles. The van der Waals surface area contributed by atoms with Crippen LogP contribution in [0.1, 0.15) is 63.0 Å². The molecule has 2 unspecified atom stereocenters. The van der Waals surface area contributed by atoms with Gasteiger partial charge in [-0.3, -0.25) is 0 Å². The molecule has 0 spiro atoms. The minimum Gasteiger partial charge on any atom is -0.494 e. The van der Waals surface area contributed by atoms with Gasteiger partial charge in [0.1, 0.15) is 17.6 Å². The van der Waals surface area contributed by atoms with Gasteiger partial charge in [0.05, 0.1) is 12.0 Å². The van der Waals surface area contributed by atoms with Crippen LogP contribution in [0.4, 0.5) is 0 Å². The Morgan fingerprint density at radius 2 is 1.88 bits per heavy atom. The highest BCUT2D eigenvalue weighted by atomic mass is 16.5. The number of fused-ring (bicyclic) bond motifs is 3. The van der Waals surface area contributed by atoms with Crippen LogP contribution in [0.3, 0.4) is 0 Å². The monoisotopic (exact) mass is 336 g/mol. The Bertz CT molecular complexity index is 706. The topological polar surface area (TPSA) is 18.5 Å². The van der Waals surface area contributed by atoms with E-state index in [0.29, 0.717) is 0 Å². The molecule has 25 heavy (non-hydrogen) atoms. The number of hydrogen-bond acceptors (Lipinski definition) is 2. The molecule has 1 aliphatic heterocycles. The van der Waals surface area contributed by atoms with E-state index >= 15 is 0 Å². The normalized spacial score (nSPS) is 24.8. The van der Waals surface area contributed by atoms with Crippen molar-refractivity contribution in [1.82, 2.24) is 0 Å². The molecule has 1 aliphatic carbocycles. The minimum absolute atomic E-state index is 0.00897. The molecule has 2 atom stereocenters. The highest BCUT2D eigenvalue weighted by Crippen LogP contribution is 2.53. The van der Waals surface area contributed by atoms with E-state index in [9.17, 15) is 0 Å². The summed E-state index contributed by atoms with van der Waals surface area (Å²) in [7, 11) is 0. The maximum Gasteiger partial charge on any atom is 0.124 e. The molecular formula is C23H28O2. The molecule has 2 aromatic rings. The van der Waals surface area contributed by atoms with Crippen LogP contribution in [0.2, 0.25) is 0 Å². The van der Waals surface area contributed by atoms with E-state index in [-0.39, 0.29) is 11.5 Å². The number of rotatable bonds is 5. The van der Waals surface area contributed by atoms with Crippen molar-refractivity contribution < 1.29 is 9.47 Å². The van der Waals surface area contributed by atoms with Crippen LogP contribution >= 0.6 is 0 Å².